The number of pyridine rings is 1. The molecule has 1 aromatic heterocycles. The fourth-order valence-corrected chi connectivity index (χ4v) is 2.29. The Morgan fingerprint density at radius 3 is 2.38 bits per heavy atom. The van der Waals surface area contributed by atoms with Crippen LogP contribution < -0.4 is 5.32 Å². The van der Waals surface area contributed by atoms with Crippen LogP contribution in [0.2, 0.25) is 0 Å². The summed E-state index contributed by atoms with van der Waals surface area (Å²) in [6, 6.07) is 7.02. The Morgan fingerprint density at radius 2 is 1.81 bits per heavy atom. The fourth-order valence-electron chi connectivity index (χ4n) is 1.75. The fraction of sp³-hybridized carbons (Fsp3) is 0.214. The van der Waals surface area contributed by atoms with Gasteiger partial charge in [-0.05, 0) is 54.6 Å². The van der Waals surface area contributed by atoms with E-state index < -0.39 is 11.3 Å². The lowest BCUT2D eigenvalue weighted by Crippen LogP contribution is -2.07. The van der Waals surface area contributed by atoms with Gasteiger partial charge in [0.1, 0.15) is 5.82 Å². The van der Waals surface area contributed by atoms with Crippen molar-refractivity contribution in [1.82, 2.24) is 4.98 Å². The Morgan fingerprint density at radius 1 is 1.14 bits per heavy atom. The van der Waals surface area contributed by atoms with Gasteiger partial charge in [0.25, 0.3) is 0 Å². The summed E-state index contributed by atoms with van der Waals surface area (Å²) in [6.45, 7) is 1.81. The molecule has 1 unspecified atom stereocenters. The maximum absolute atomic E-state index is 13.1. The molecule has 7 heteroatoms. The van der Waals surface area contributed by atoms with Gasteiger partial charge in [0.15, 0.2) is 0 Å². The van der Waals surface area contributed by atoms with Crippen LogP contribution in [-0.2, 0) is 0 Å². The summed E-state index contributed by atoms with van der Waals surface area (Å²) in [4.78, 5) is 3.88. The predicted octanol–water partition coefficient (Wildman–Crippen LogP) is 5.01. The van der Waals surface area contributed by atoms with E-state index in [0.29, 0.717) is 11.3 Å². The minimum absolute atomic E-state index is 0.119. The van der Waals surface area contributed by atoms with Gasteiger partial charge in [0, 0.05) is 16.8 Å². The van der Waals surface area contributed by atoms with Gasteiger partial charge in [-0.2, -0.15) is 13.2 Å². The van der Waals surface area contributed by atoms with Crippen LogP contribution in [0.15, 0.2) is 47.6 Å². The number of nitrogens with zero attached hydrogens (tertiary/aromatic N) is 1. The van der Waals surface area contributed by atoms with E-state index in [0.717, 1.165) is 6.20 Å². The molecule has 1 aromatic carbocycles. The minimum atomic E-state index is -4.30. The average molecular weight is 316 g/mol. The first-order valence-electron chi connectivity index (χ1n) is 6.06. The molecule has 0 bridgehead atoms. The normalized spacial score (nSPS) is 13.0. The first kappa shape index (κ1) is 15.6. The van der Waals surface area contributed by atoms with Crippen LogP contribution in [0.1, 0.15) is 18.5 Å². The number of nitrogens with one attached hydrogen (secondary N) is 1. The summed E-state index contributed by atoms with van der Waals surface area (Å²) in [5.41, 5.74) is -2.99. The zero-order chi connectivity index (χ0) is 15.5. The molecule has 1 N–H and O–H groups in total. The zero-order valence-electron chi connectivity index (χ0n) is 11.0. The summed E-state index contributed by atoms with van der Waals surface area (Å²) >= 11 is -0.161. The van der Waals surface area contributed by atoms with E-state index in [-0.39, 0.29) is 22.7 Å². The SMILES string of the molecule is CC(Nc1ccc(SC(F)(F)F)cc1)c1cncc(F)c1. The van der Waals surface area contributed by atoms with Crippen LogP contribution >= 0.6 is 11.8 Å². The van der Waals surface area contributed by atoms with Crippen LogP contribution in [0.4, 0.5) is 23.2 Å². The van der Waals surface area contributed by atoms with Crippen LogP contribution in [0.25, 0.3) is 0 Å². The highest BCUT2D eigenvalue weighted by Crippen LogP contribution is 2.37. The molecule has 1 heterocycles. The molecule has 2 aromatic rings. The van der Waals surface area contributed by atoms with Crippen molar-refractivity contribution in [1.29, 1.82) is 0 Å². The smallest absolute Gasteiger partial charge is 0.378 e. The molecule has 0 radical (unpaired) electrons. The molecule has 21 heavy (non-hydrogen) atoms. The second kappa shape index (κ2) is 6.34. The highest BCUT2D eigenvalue weighted by atomic mass is 32.2. The van der Waals surface area contributed by atoms with Crippen molar-refractivity contribution in [3.8, 4) is 0 Å². The zero-order valence-corrected chi connectivity index (χ0v) is 11.8. The van der Waals surface area contributed by atoms with E-state index in [1.165, 1.54) is 24.4 Å². The number of anilines is 1. The average Bonchev–Trinajstić information content (AvgIpc) is 2.39. The van der Waals surface area contributed by atoms with E-state index in [9.17, 15) is 17.6 Å². The Labute approximate surface area is 123 Å². The number of thioether (sulfide) groups is 1. The second-order valence-electron chi connectivity index (χ2n) is 4.37. The maximum Gasteiger partial charge on any atom is 0.446 e. The monoisotopic (exact) mass is 316 g/mol. The summed E-state index contributed by atoms with van der Waals surface area (Å²) in [6.07, 6.45) is 2.65. The molecule has 2 rings (SSSR count). The molecule has 0 spiro atoms. The lowest BCUT2D eigenvalue weighted by atomic mass is 10.1. The Hall–Kier alpha value is -1.76. The standard InChI is InChI=1S/C14H12F4N2S/c1-9(10-6-11(15)8-19-7-10)20-12-2-4-13(5-3-12)21-14(16,17)18/h2-9,20H,1H3. The number of halogens is 4. The number of aromatic nitrogens is 1. The summed E-state index contributed by atoms with van der Waals surface area (Å²) < 4.78 is 49.7. The van der Waals surface area contributed by atoms with Crippen molar-refractivity contribution in [2.45, 2.75) is 23.4 Å². The number of hydrogen-bond acceptors (Lipinski definition) is 3. The predicted molar refractivity (Wildman–Crippen MR) is 74.6 cm³/mol. The van der Waals surface area contributed by atoms with E-state index in [1.54, 1.807) is 12.1 Å². The van der Waals surface area contributed by atoms with E-state index in [2.05, 4.69) is 10.3 Å². The molecule has 0 aliphatic carbocycles. The van der Waals surface area contributed by atoms with Gasteiger partial charge in [0.05, 0.1) is 12.2 Å². The van der Waals surface area contributed by atoms with Crippen molar-refractivity contribution in [3.05, 3.63) is 54.1 Å². The highest BCUT2D eigenvalue weighted by molar-refractivity contribution is 8.00. The Kier molecular flexibility index (Phi) is 4.72. The number of alkyl halides is 3. The van der Waals surface area contributed by atoms with Gasteiger partial charge < -0.3 is 5.32 Å². The first-order valence-corrected chi connectivity index (χ1v) is 6.88. The van der Waals surface area contributed by atoms with Gasteiger partial charge in [-0.15, -0.1) is 0 Å². The maximum atomic E-state index is 13.1. The van der Waals surface area contributed by atoms with Gasteiger partial charge in [-0.3, -0.25) is 4.98 Å². The topological polar surface area (TPSA) is 24.9 Å². The number of benzene rings is 1. The molecule has 112 valence electrons. The van der Waals surface area contributed by atoms with E-state index in [4.69, 9.17) is 0 Å². The molecule has 1 atom stereocenters. The molecule has 0 aliphatic rings. The number of rotatable bonds is 4. The second-order valence-corrected chi connectivity index (χ2v) is 5.51. The third-order valence-corrected chi connectivity index (χ3v) is 3.44. The van der Waals surface area contributed by atoms with Crippen molar-refractivity contribution in [2.75, 3.05) is 5.32 Å². The van der Waals surface area contributed by atoms with Crippen molar-refractivity contribution in [3.63, 3.8) is 0 Å². The van der Waals surface area contributed by atoms with Gasteiger partial charge >= 0.3 is 5.51 Å². The van der Waals surface area contributed by atoms with Gasteiger partial charge in [0.2, 0.25) is 0 Å². The van der Waals surface area contributed by atoms with Crippen LogP contribution in [0, 0.1) is 5.82 Å². The van der Waals surface area contributed by atoms with Crippen LogP contribution in [0.3, 0.4) is 0 Å². The lowest BCUT2D eigenvalue weighted by molar-refractivity contribution is -0.0328. The first-order chi connectivity index (χ1) is 9.83. The van der Waals surface area contributed by atoms with Crippen molar-refractivity contribution in [2.24, 2.45) is 0 Å². The van der Waals surface area contributed by atoms with Crippen molar-refractivity contribution >= 4 is 17.4 Å². The molecule has 0 saturated carbocycles. The highest BCUT2D eigenvalue weighted by Gasteiger charge is 2.29. The van der Waals surface area contributed by atoms with Crippen LogP contribution in [0.5, 0.6) is 0 Å². The quantitative estimate of drug-likeness (QED) is 0.634. The largest absolute Gasteiger partial charge is 0.446 e. The van der Waals surface area contributed by atoms with Crippen molar-refractivity contribution < 1.29 is 17.6 Å². The lowest BCUT2D eigenvalue weighted by Gasteiger charge is -2.15. The Bertz CT molecular complexity index is 599. The third kappa shape index (κ3) is 4.93. The molecule has 0 amide bonds. The molecular weight excluding hydrogens is 304 g/mol. The van der Waals surface area contributed by atoms with Gasteiger partial charge in [-0.1, -0.05) is 0 Å². The van der Waals surface area contributed by atoms with E-state index >= 15 is 0 Å². The minimum Gasteiger partial charge on any atom is -0.378 e. The summed E-state index contributed by atoms with van der Waals surface area (Å²) in [5, 5.41) is 3.08. The van der Waals surface area contributed by atoms with Gasteiger partial charge in [-0.25, -0.2) is 4.39 Å². The Balaban J connectivity index is 2.03. The molecule has 2 nitrogen and oxygen atoms in total. The molecule has 0 fully saturated rings. The summed E-state index contributed by atoms with van der Waals surface area (Å²) in [5.74, 6) is -0.432. The van der Waals surface area contributed by atoms with Crippen LogP contribution in [-0.4, -0.2) is 10.5 Å². The molecule has 0 saturated heterocycles. The summed E-state index contributed by atoms with van der Waals surface area (Å²) in [7, 11) is 0. The number of hydrogen-bond donors (Lipinski definition) is 1. The molecule has 0 aliphatic heterocycles. The third-order valence-electron chi connectivity index (χ3n) is 2.70. The molecular formula is C14H12F4N2S. The van der Waals surface area contributed by atoms with E-state index in [1.807, 2.05) is 6.92 Å².